The topological polar surface area (TPSA) is 61.2 Å². The number of benzene rings is 1. The molecule has 0 aromatic heterocycles. The van der Waals surface area contributed by atoms with Gasteiger partial charge in [0, 0.05) is 30.2 Å². The number of anilines is 1. The molecule has 0 saturated heterocycles. The lowest BCUT2D eigenvalue weighted by atomic mass is 10.3. The Bertz CT molecular complexity index is 349. The number of para-hydroxylation sites is 1. The Morgan fingerprint density at radius 1 is 1.29 bits per heavy atom. The monoisotopic (exact) mass is 234 g/mol. The highest BCUT2D eigenvalue weighted by Crippen LogP contribution is 2.11. The molecule has 0 bridgehead atoms. The molecule has 1 aromatic carbocycles. The van der Waals surface area contributed by atoms with Crippen molar-refractivity contribution in [3.8, 4) is 0 Å². The molecule has 1 aromatic rings. The maximum atomic E-state index is 8.09. The standard InChI is InChI=1S/C12H18N4O/c1-2-16(12-6-4-3-5-7-12)9-11-17-10-8-14-15-13/h3-7H,2,8-11H2,1H3. The van der Waals surface area contributed by atoms with Gasteiger partial charge in [0.1, 0.15) is 0 Å². The molecule has 1 rings (SSSR count). The van der Waals surface area contributed by atoms with Gasteiger partial charge in [0.15, 0.2) is 0 Å². The molecule has 0 aliphatic rings. The lowest BCUT2D eigenvalue weighted by Gasteiger charge is -2.22. The van der Waals surface area contributed by atoms with Crippen LogP contribution in [0.4, 0.5) is 5.69 Å². The van der Waals surface area contributed by atoms with Crippen molar-refractivity contribution < 1.29 is 4.74 Å². The molecule has 0 amide bonds. The zero-order valence-corrected chi connectivity index (χ0v) is 10.1. The number of rotatable bonds is 8. The first-order valence-corrected chi connectivity index (χ1v) is 5.77. The first-order chi connectivity index (χ1) is 8.38. The summed E-state index contributed by atoms with van der Waals surface area (Å²) >= 11 is 0. The van der Waals surface area contributed by atoms with Gasteiger partial charge in [-0.2, -0.15) is 0 Å². The first kappa shape index (κ1) is 13.4. The van der Waals surface area contributed by atoms with Crippen LogP contribution in [-0.4, -0.2) is 32.8 Å². The predicted molar refractivity (Wildman–Crippen MR) is 69.2 cm³/mol. The third kappa shape index (κ3) is 5.24. The molecule has 0 fully saturated rings. The second kappa shape index (κ2) is 8.44. The second-order valence-corrected chi connectivity index (χ2v) is 3.48. The molecule has 0 aliphatic carbocycles. The normalized spacial score (nSPS) is 9.71. The summed E-state index contributed by atoms with van der Waals surface area (Å²) in [5.41, 5.74) is 9.29. The van der Waals surface area contributed by atoms with Gasteiger partial charge in [-0.05, 0) is 24.6 Å². The molecule has 0 N–H and O–H groups in total. The fraction of sp³-hybridized carbons (Fsp3) is 0.500. The molecule has 92 valence electrons. The molecule has 5 nitrogen and oxygen atoms in total. The van der Waals surface area contributed by atoms with Gasteiger partial charge in [-0.1, -0.05) is 23.3 Å². The molecule has 0 aliphatic heterocycles. The molecule has 17 heavy (non-hydrogen) atoms. The molecular formula is C12H18N4O. The summed E-state index contributed by atoms with van der Waals surface area (Å²) < 4.78 is 5.38. The Labute approximate surface area is 102 Å². The third-order valence-electron chi connectivity index (χ3n) is 2.41. The van der Waals surface area contributed by atoms with Crippen molar-refractivity contribution in [1.29, 1.82) is 0 Å². The van der Waals surface area contributed by atoms with Crippen LogP contribution >= 0.6 is 0 Å². The number of nitrogens with zero attached hydrogens (tertiary/aromatic N) is 4. The molecule has 0 spiro atoms. The van der Waals surface area contributed by atoms with Crippen molar-refractivity contribution in [1.82, 2.24) is 0 Å². The van der Waals surface area contributed by atoms with Crippen LogP contribution in [-0.2, 0) is 4.74 Å². The highest BCUT2D eigenvalue weighted by molar-refractivity contribution is 5.45. The van der Waals surface area contributed by atoms with Gasteiger partial charge in [-0.25, -0.2) is 0 Å². The SMILES string of the molecule is CCN(CCOCCN=[N+]=[N-])c1ccccc1. The summed E-state index contributed by atoms with van der Waals surface area (Å²) in [6.07, 6.45) is 0. The predicted octanol–water partition coefficient (Wildman–Crippen LogP) is 2.84. The zero-order valence-electron chi connectivity index (χ0n) is 10.1. The maximum absolute atomic E-state index is 8.09. The van der Waals surface area contributed by atoms with Crippen molar-refractivity contribution in [3.05, 3.63) is 40.8 Å². The van der Waals surface area contributed by atoms with E-state index in [1.807, 2.05) is 18.2 Å². The summed E-state index contributed by atoms with van der Waals surface area (Å²) in [6.45, 7) is 5.43. The summed E-state index contributed by atoms with van der Waals surface area (Å²) in [6, 6.07) is 10.2. The van der Waals surface area contributed by atoms with Crippen LogP contribution in [0.25, 0.3) is 10.4 Å². The van der Waals surface area contributed by atoms with Gasteiger partial charge in [0.05, 0.1) is 13.2 Å². The van der Waals surface area contributed by atoms with E-state index in [-0.39, 0.29) is 0 Å². The number of hydrogen-bond acceptors (Lipinski definition) is 3. The zero-order chi connectivity index (χ0) is 12.3. The Hall–Kier alpha value is -1.71. The molecular weight excluding hydrogens is 216 g/mol. The van der Waals surface area contributed by atoms with E-state index in [0.717, 1.165) is 13.1 Å². The van der Waals surface area contributed by atoms with E-state index in [0.29, 0.717) is 19.8 Å². The van der Waals surface area contributed by atoms with Gasteiger partial charge in [-0.15, -0.1) is 0 Å². The van der Waals surface area contributed by atoms with Crippen molar-refractivity contribution in [2.75, 3.05) is 37.7 Å². The highest BCUT2D eigenvalue weighted by atomic mass is 16.5. The highest BCUT2D eigenvalue weighted by Gasteiger charge is 2.02. The van der Waals surface area contributed by atoms with Gasteiger partial charge in [-0.3, -0.25) is 0 Å². The van der Waals surface area contributed by atoms with Crippen molar-refractivity contribution in [3.63, 3.8) is 0 Å². The fourth-order valence-corrected chi connectivity index (χ4v) is 1.54. The minimum absolute atomic E-state index is 0.397. The van der Waals surface area contributed by atoms with E-state index >= 15 is 0 Å². The number of azide groups is 1. The van der Waals surface area contributed by atoms with E-state index in [1.165, 1.54) is 5.69 Å². The largest absolute Gasteiger partial charge is 0.379 e. The summed E-state index contributed by atoms with van der Waals surface area (Å²) in [7, 11) is 0. The van der Waals surface area contributed by atoms with Crippen molar-refractivity contribution >= 4 is 5.69 Å². The number of ether oxygens (including phenoxy) is 1. The van der Waals surface area contributed by atoms with Crippen molar-refractivity contribution in [2.24, 2.45) is 5.11 Å². The smallest absolute Gasteiger partial charge is 0.0641 e. The molecule has 0 saturated carbocycles. The summed E-state index contributed by atoms with van der Waals surface area (Å²) in [4.78, 5) is 4.91. The first-order valence-electron chi connectivity index (χ1n) is 5.77. The maximum Gasteiger partial charge on any atom is 0.0641 e. The average molecular weight is 234 g/mol. The van der Waals surface area contributed by atoms with Gasteiger partial charge >= 0.3 is 0 Å². The summed E-state index contributed by atoms with van der Waals surface area (Å²) in [5.74, 6) is 0. The Balaban J connectivity index is 2.26. The molecule has 0 radical (unpaired) electrons. The lowest BCUT2D eigenvalue weighted by molar-refractivity contribution is 0.148. The van der Waals surface area contributed by atoms with E-state index in [1.54, 1.807) is 0 Å². The number of hydrogen-bond donors (Lipinski definition) is 0. The molecule has 0 heterocycles. The molecule has 0 atom stereocenters. The van der Waals surface area contributed by atoms with Crippen LogP contribution in [0.1, 0.15) is 6.92 Å². The van der Waals surface area contributed by atoms with E-state index in [9.17, 15) is 0 Å². The molecule has 0 unspecified atom stereocenters. The van der Waals surface area contributed by atoms with Crippen LogP contribution in [0.15, 0.2) is 35.4 Å². The Morgan fingerprint density at radius 2 is 2.06 bits per heavy atom. The van der Waals surface area contributed by atoms with E-state index in [4.69, 9.17) is 10.3 Å². The minimum atomic E-state index is 0.397. The number of likely N-dealkylation sites (N-methyl/N-ethyl adjacent to an activating group) is 1. The molecule has 5 heteroatoms. The lowest BCUT2D eigenvalue weighted by Crippen LogP contribution is -2.27. The van der Waals surface area contributed by atoms with E-state index < -0.39 is 0 Å². The van der Waals surface area contributed by atoms with Crippen LogP contribution < -0.4 is 4.90 Å². The quantitative estimate of drug-likeness (QED) is 0.300. The van der Waals surface area contributed by atoms with E-state index in [2.05, 4.69) is 34.0 Å². The van der Waals surface area contributed by atoms with Crippen molar-refractivity contribution in [2.45, 2.75) is 6.92 Å². The van der Waals surface area contributed by atoms with Gasteiger partial charge in [0.2, 0.25) is 0 Å². The Kier molecular flexibility index (Phi) is 6.63. The van der Waals surface area contributed by atoms with Crippen LogP contribution in [0.5, 0.6) is 0 Å². The fourth-order valence-electron chi connectivity index (χ4n) is 1.54. The van der Waals surface area contributed by atoms with Crippen LogP contribution in [0.2, 0.25) is 0 Å². The average Bonchev–Trinajstić information content (AvgIpc) is 2.39. The van der Waals surface area contributed by atoms with Crippen LogP contribution in [0.3, 0.4) is 0 Å². The van der Waals surface area contributed by atoms with Crippen LogP contribution in [0, 0.1) is 0 Å². The van der Waals surface area contributed by atoms with Gasteiger partial charge in [0.25, 0.3) is 0 Å². The van der Waals surface area contributed by atoms with Gasteiger partial charge < -0.3 is 9.64 Å². The third-order valence-corrected chi connectivity index (χ3v) is 2.41. The Morgan fingerprint density at radius 3 is 2.71 bits per heavy atom. The minimum Gasteiger partial charge on any atom is -0.379 e. The second-order valence-electron chi connectivity index (χ2n) is 3.48. The summed E-state index contributed by atoms with van der Waals surface area (Å²) in [5, 5.41) is 3.41.